The van der Waals surface area contributed by atoms with Gasteiger partial charge in [0.15, 0.2) is 0 Å². The van der Waals surface area contributed by atoms with E-state index in [2.05, 4.69) is 22.1 Å². The SMILES string of the molecule is CC(C)(C(=O)N1CCN(Cc2ccccc2)CC1)n1nc(-c2ccccc2)ccc1=O. The van der Waals surface area contributed by atoms with Crippen molar-refractivity contribution in [2.75, 3.05) is 26.2 Å². The second kappa shape index (κ2) is 8.86. The third-order valence-electron chi connectivity index (χ3n) is 5.83. The minimum atomic E-state index is -1.07. The molecule has 1 aromatic heterocycles. The van der Waals surface area contributed by atoms with Gasteiger partial charge in [0.05, 0.1) is 5.69 Å². The summed E-state index contributed by atoms with van der Waals surface area (Å²) in [7, 11) is 0. The van der Waals surface area contributed by atoms with Crippen LogP contribution in [0, 0.1) is 0 Å². The normalized spacial score (nSPS) is 15.1. The Morgan fingerprint density at radius 3 is 2.13 bits per heavy atom. The van der Waals surface area contributed by atoms with E-state index in [1.807, 2.05) is 53.4 Å². The molecule has 6 nitrogen and oxygen atoms in total. The van der Waals surface area contributed by atoms with Crippen molar-refractivity contribution >= 4 is 5.91 Å². The van der Waals surface area contributed by atoms with Gasteiger partial charge in [0.25, 0.3) is 5.56 Å². The lowest BCUT2D eigenvalue weighted by atomic mass is 10.0. The van der Waals surface area contributed by atoms with Crippen LogP contribution in [0.1, 0.15) is 19.4 Å². The Labute approximate surface area is 182 Å². The van der Waals surface area contributed by atoms with Gasteiger partial charge in [0.1, 0.15) is 5.54 Å². The Morgan fingerprint density at radius 1 is 0.871 bits per heavy atom. The van der Waals surface area contributed by atoms with E-state index < -0.39 is 5.54 Å². The number of carbonyl (C=O) groups excluding carboxylic acids is 1. The number of amides is 1. The Balaban J connectivity index is 1.48. The summed E-state index contributed by atoms with van der Waals surface area (Å²) in [5, 5.41) is 4.55. The van der Waals surface area contributed by atoms with Gasteiger partial charge in [-0.2, -0.15) is 5.10 Å². The Morgan fingerprint density at radius 2 is 1.48 bits per heavy atom. The largest absolute Gasteiger partial charge is 0.338 e. The third-order valence-corrected chi connectivity index (χ3v) is 5.83. The molecule has 2 heterocycles. The van der Waals surface area contributed by atoms with Crippen molar-refractivity contribution in [3.8, 4) is 11.3 Å². The van der Waals surface area contributed by atoms with Crippen molar-refractivity contribution in [1.82, 2.24) is 19.6 Å². The smallest absolute Gasteiger partial charge is 0.267 e. The van der Waals surface area contributed by atoms with Crippen molar-refractivity contribution in [2.24, 2.45) is 0 Å². The van der Waals surface area contributed by atoms with Gasteiger partial charge in [-0.05, 0) is 25.5 Å². The fraction of sp³-hybridized carbons (Fsp3) is 0.320. The lowest BCUT2D eigenvalue weighted by Crippen LogP contribution is -2.56. The molecule has 31 heavy (non-hydrogen) atoms. The number of nitrogens with zero attached hydrogens (tertiary/aromatic N) is 4. The van der Waals surface area contributed by atoms with Gasteiger partial charge in [-0.15, -0.1) is 0 Å². The van der Waals surface area contributed by atoms with Crippen LogP contribution in [-0.4, -0.2) is 51.7 Å². The van der Waals surface area contributed by atoms with Crippen LogP contribution in [0.25, 0.3) is 11.3 Å². The molecule has 6 heteroatoms. The van der Waals surface area contributed by atoms with E-state index in [1.54, 1.807) is 19.9 Å². The molecule has 0 radical (unpaired) electrons. The highest BCUT2D eigenvalue weighted by Gasteiger charge is 2.37. The number of hydrogen-bond donors (Lipinski definition) is 0. The van der Waals surface area contributed by atoms with Crippen LogP contribution in [0.5, 0.6) is 0 Å². The number of piperazine rings is 1. The van der Waals surface area contributed by atoms with E-state index in [0.29, 0.717) is 18.8 Å². The molecule has 0 atom stereocenters. The Hall–Kier alpha value is -3.25. The first-order valence-electron chi connectivity index (χ1n) is 10.7. The van der Waals surface area contributed by atoms with Gasteiger partial charge in [0, 0.05) is 44.4 Å². The first kappa shape index (κ1) is 21.0. The first-order valence-corrected chi connectivity index (χ1v) is 10.7. The zero-order valence-electron chi connectivity index (χ0n) is 18.1. The van der Waals surface area contributed by atoms with Crippen molar-refractivity contribution in [1.29, 1.82) is 0 Å². The predicted octanol–water partition coefficient (Wildman–Crippen LogP) is 2.99. The zero-order valence-corrected chi connectivity index (χ0v) is 18.1. The quantitative estimate of drug-likeness (QED) is 0.642. The van der Waals surface area contributed by atoms with Gasteiger partial charge < -0.3 is 4.90 Å². The summed E-state index contributed by atoms with van der Waals surface area (Å²) < 4.78 is 1.33. The fourth-order valence-corrected chi connectivity index (χ4v) is 4.00. The molecule has 4 rings (SSSR count). The van der Waals surface area contributed by atoms with Crippen LogP contribution in [0.3, 0.4) is 0 Å². The molecule has 160 valence electrons. The average Bonchev–Trinajstić information content (AvgIpc) is 2.80. The number of aromatic nitrogens is 2. The number of hydrogen-bond acceptors (Lipinski definition) is 4. The molecular weight excluding hydrogens is 388 g/mol. The number of benzene rings is 2. The Kier molecular flexibility index (Phi) is 6.00. The first-order chi connectivity index (χ1) is 14.9. The summed E-state index contributed by atoms with van der Waals surface area (Å²) in [5.41, 5.74) is 1.52. The molecule has 0 bridgehead atoms. The molecular formula is C25H28N4O2. The predicted molar refractivity (Wildman–Crippen MR) is 122 cm³/mol. The van der Waals surface area contributed by atoms with Crippen molar-refractivity contribution in [3.63, 3.8) is 0 Å². The van der Waals surface area contributed by atoms with Crippen LogP contribution in [0.15, 0.2) is 77.6 Å². The molecule has 0 aliphatic carbocycles. The maximum absolute atomic E-state index is 13.4. The summed E-state index contributed by atoms with van der Waals surface area (Å²) in [6, 6.07) is 23.2. The second-order valence-corrected chi connectivity index (χ2v) is 8.45. The van der Waals surface area contributed by atoms with Crippen molar-refractivity contribution in [3.05, 3.63) is 88.7 Å². The van der Waals surface area contributed by atoms with Crippen LogP contribution < -0.4 is 5.56 Å². The van der Waals surface area contributed by atoms with E-state index >= 15 is 0 Å². The second-order valence-electron chi connectivity index (χ2n) is 8.45. The Bertz CT molecular complexity index is 1090. The summed E-state index contributed by atoms with van der Waals surface area (Å²) in [6.07, 6.45) is 0. The molecule has 1 aliphatic rings. The summed E-state index contributed by atoms with van der Waals surface area (Å²) >= 11 is 0. The van der Waals surface area contributed by atoms with Crippen molar-refractivity contribution < 1.29 is 4.79 Å². The lowest BCUT2D eigenvalue weighted by molar-refractivity contribution is -0.141. The highest BCUT2D eigenvalue weighted by atomic mass is 16.2. The van der Waals surface area contributed by atoms with Crippen LogP contribution in [0.4, 0.5) is 0 Å². The molecule has 1 amide bonds. The molecule has 0 saturated carbocycles. The standard InChI is InChI=1S/C25H28N4O2/c1-25(2,29-23(30)14-13-22(26-29)21-11-7-4-8-12-21)24(31)28-17-15-27(16-18-28)19-20-9-5-3-6-10-20/h3-14H,15-19H2,1-2H3. The molecule has 2 aromatic carbocycles. The lowest BCUT2D eigenvalue weighted by Gasteiger charge is -2.38. The van der Waals surface area contributed by atoms with Gasteiger partial charge >= 0.3 is 0 Å². The van der Waals surface area contributed by atoms with E-state index in [1.165, 1.54) is 16.3 Å². The maximum Gasteiger partial charge on any atom is 0.267 e. The van der Waals surface area contributed by atoms with E-state index in [0.717, 1.165) is 25.2 Å². The topological polar surface area (TPSA) is 58.4 Å². The maximum atomic E-state index is 13.4. The van der Waals surface area contributed by atoms with Crippen LogP contribution in [0.2, 0.25) is 0 Å². The minimum Gasteiger partial charge on any atom is -0.338 e. The fourth-order valence-electron chi connectivity index (χ4n) is 4.00. The van der Waals surface area contributed by atoms with Crippen LogP contribution >= 0.6 is 0 Å². The summed E-state index contributed by atoms with van der Waals surface area (Å²) in [6.45, 7) is 7.33. The van der Waals surface area contributed by atoms with E-state index in [-0.39, 0.29) is 11.5 Å². The van der Waals surface area contributed by atoms with Gasteiger partial charge in [0.2, 0.25) is 5.91 Å². The average molecular weight is 417 g/mol. The molecule has 0 unspecified atom stereocenters. The van der Waals surface area contributed by atoms with E-state index in [9.17, 15) is 9.59 Å². The van der Waals surface area contributed by atoms with Gasteiger partial charge in [-0.1, -0.05) is 60.7 Å². The minimum absolute atomic E-state index is 0.0772. The zero-order chi connectivity index (χ0) is 21.8. The number of rotatable bonds is 5. The highest BCUT2D eigenvalue weighted by molar-refractivity contribution is 5.83. The van der Waals surface area contributed by atoms with Crippen molar-refractivity contribution in [2.45, 2.75) is 25.9 Å². The highest BCUT2D eigenvalue weighted by Crippen LogP contribution is 2.21. The monoisotopic (exact) mass is 416 g/mol. The van der Waals surface area contributed by atoms with Gasteiger partial charge in [-0.25, -0.2) is 4.68 Å². The van der Waals surface area contributed by atoms with E-state index in [4.69, 9.17) is 0 Å². The molecule has 1 saturated heterocycles. The van der Waals surface area contributed by atoms with Gasteiger partial charge in [-0.3, -0.25) is 14.5 Å². The molecule has 1 fully saturated rings. The molecule has 0 N–H and O–H groups in total. The summed E-state index contributed by atoms with van der Waals surface area (Å²) in [4.78, 5) is 30.2. The summed E-state index contributed by atoms with van der Waals surface area (Å²) in [5.74, 6) is -0.0772. The molecule has 1 aliphatic heterocycles. The molecule has 3 aromatic rings. The number of carbonyl (C=O) groups is 1. The third kappa shape index (κ3) is 4.59. The van der Waals surface area contributed by atoms with Crippen LogP contribution in [-0.2, 0) is 16.9 Å². The molecule has 0 spiro atoms.